The van der Waals surface area contributed by atoms with Crippen LogP contribution >= 0.6 is 0 Å². The van der Waals surface area contributed by atoms with E-state index in [-0.39, 0.29) is 17.0 Å². The molecule has 0 fully saturated rings. The third kappa shape index (κ3) is 4.27. The van der Waals surface area contributed by atoms with Gasteiger partial charge in [-0.15, -0.1) is 0 Å². The molecule has 8 nitrogen and oxygen atoms in total. The molecule has 0 atom stereocenters. The number of aryl methyl sites for hydroxylation is 1. The molecule has 9 heteroatoms. The van der Waals surface area contributed by atoms with Crippen molar-refractivity contribution in [2.75, 3.05) is 18.4 Å². The number of aromatic nitrogens is 2. The SMILES string of the molecule is CCN(CC)S(=O)(=O)c1cc(NC(=O)Cn2ncc3ccccc3c2=O)ccc1C. The van der Waals surface area contributed by atoms with E-state index < -0.39 is 15.9 Å². The van der Waals surface area contributed by atoms with E-state index in [4.69, 9.17) is 0 Å². The first-order valence-corrected chi connectivity index (χ1v) is 11.1. The van der Waals surface area contributed by atoms with Crippen molar-refractivity contribution < 1.29 is 13.2 Å². The number of nitrogens with one attached hydrogen (secondary N) is 1. The number of fused-ring (bicyclic) bond motifs is 1. The van der Waals surface area contributed by atoms with Crippen LogP contribution in [0.15, 0.2) is 58.4 Å². The minimum Gasteiger partial charge on any atom is -0.324 e. The molecule has 0 saturated heterocycles. The molecule has 30 heavy (non-hydrogen) atoms. The van der Waals surface area contributed by atoms with Gasteiger partial charge >= 0.3 is 0 Å². The third-order valence-corrected chi connectivity index (χ3v) is 7.04. The molecule has 1 aromatic heterocycles. The van der Waals surface area contributed by atoms with Crippen LogP contribution in [0.5, 0.6) is 0 Å². The van der Waals surface area contributed by atoms with E-state index >= 15 is 0 Å². The highest BCUT2D eigenvalue weighted by Crippen LogP contribution is 2.23. The highest BCUT2D eigenvalue weighted by molar-refractivity contribution is 7.89. The summed E-state index contributed by atoms with van der Waals surface area (Å²) in [5.74, 6) is -0.477. The maximum atomic E-state index is 12.9. The monoisotopic (exact) mass is 428 g/mol. The summed E-state index contributed by atoms with van der Waals surface area (Å²) in [4.78, 5) is 25.2. The second-order valence-electron chi connectivity index (χ2n) is 6.81. The van der Waals surface area contributed by atoms with E-state index in [1.807, 2.05) is 6.07 Å². The van der Waals surface area contributed by atoms with Gasteiger partial charge < -0.3 is 5.32 Å². The van der Waals surface area contributed by atoms with Crippen LogP contribution in [0.25, 0.3) is 10.8 Å². The fraction of sp³-hybridized carbons (Fsp3) is 0.286. The molecule has 1 heterocycles. The van der Waals surface area contributed by atoms with Gasteiger partial charge in [0.25, 0.3) is 5.56 Å². The Morgan fingerprint density at radius 3 is 2.53 bits per heavy atom. The van der Waals surface area contributed by atoms with Gasteiger partial charge in [0.2, 0.25) is 15.9 Å². The number of rotatable bonds is 7. The summed E-state index contributed by atoms with van der Waals surface area (Å²) >= 11 is 0. The normalized spacial score (nSPS) is 11.7. The van der Waals surface area contributed by atoms with Crippen LogP contribution in [-0.4, -0.2) is 41.5 Å². The zero-order valence-electron chi connectivity index (χ0n) is 17.1. The lowest BCUT2D eigenvalue weighted by molar-refractivity contribution is -0.117. The maximum absolute atomic E-state index is 12.9. The van der Waals surface area contributed by atoms with Crippen LogP contribution in [0.1, 0.15) is 19.4 Å². The Bertz CT molecular complexity index is 1250. The van der Waals surface area contributed by atoms with Crippen LogP contribution in [-0.2, 0) is 21.4 Å². The first-order valence-electron chi connectivity index (χ1n) is 9.63. The molecule has 0 aliphatic carbocycles. The van der Waals surface area contributed by atoms with Gasteiger partial charge in [0.05, 0.1) is 16.5 Å². The maximum Gasteiger partial charge on any atom is 0.275 e. The highest BCUT2D eigenvalue weighted by atomic mass is 32.2. The van der Waals surface area contributed by atoms with Gasteiger partial charge in [0, 0.05) is 24.2 Å². The first-order chi connectivity index (χ1) is 14.3. The second-order valence-corrected chi connectivity index (χ2v) is 8.72. The highest BCUT2D eigenvalue weighted by Gasteiger charge is 2.24. The van der Waals surface area contributed by atoms with Gasteiger partial charge in [0.15, 0.2) is 0 Å². The Balaban J connectivity index is 1.84. The number of benzene rings is 2. The Hall–Kier alpha value is -3.04. The lowest BCUT2D eigenvalue weighted by Gasteiger charge is -2.20. The lowest BCUT2D eigenvalue weighted by Crippen LogP contribution is -2.31. The molecule has 1 N–H and O–H groups in total. The second kappa shape index (κ2) is 8.76. The minimum absolute atomic E-state index is 0.144. The number of carbonyl (C=O) groups is 1. The van der Waals surface area contributed by atoms with Crippen LogP contribution in [0.3, 0.4) is 0 Å². The summed E-state index contributed by atoms with van der Waals surface area (Å²) in [6.45, 7) is 5.68. The van der Waals surface area contributed by atoms with Crippen LogP contribution < -0.4 is 10.9 Å². The predicted molar refractivity (Wildman–Crippen MR) is 116 cm³/mol. The van der Waals surface area contributed by atoms with Crippen LogP contribution in [0.4, 0.5) is 5.69 Å². The van der Waals surface area contributed by atoms with E-state index in [2.05, 4.69) is 10.4 Å². The zero-order valence-corrected chi connectivity index (χ0v) is 17.9. The molecular weight excluding hydrogens is 404 g/mol. The molecule has 0 aliphatic rings. The minimum atomic E-state index is -3.67. The van der Waals surface area contributed by atoms with Gasteiger partial charge in [-0.2, -0.15) is 9.40 Å². The van der Waals surface area contributed by atoms with Gasteiger partial charge in [-0.05, 0) is 30.7 Å². The molecule has 0 saturated carbocycles. The zero-order chi connectivity index (χ0) is 21.9. The average Bonchev–Trinajstić information content (AvgIpc) is 2.72. The quantitative estimate of drug-likeness (QED) is 0.623. The third-order valence-electron chi connectivity index (χ3n) is 4.85. The fourth-order valence-electron chi connectivity index (χ4n) is 3.24. The summed E-state index contributed by atoms with van der Waals surface area (Å²) < 4.78 is 28.2. The summed E-state index contributed by atoms with van der Waals surface area (Å²) in [5, 5.41) is 7.88. The molecule has 0 bridgehead atoms. The van der Waals surface area contributed by atoms with E-state index in [1.165, 1.54) is 16.6 Å². The van der Waals surface area contributed by atoms with Crippen molar-refractivity contribution in [1.82, 2.24) is 14.1 Å². The van der Waals surface area contributed by atoms with Crippen molar-refractivity contribution in [3.05, 3.63) is 64.6 Å². The van der Waals surface area contributed by atoms with Gasteiger partial charge in [-0.3, -0.25) is 9.59 Å². The van der Waals surface area contributed by atoms with E-state index in [9.17, 15) is 18.0 Å². The fourth-order valence-corrected chi connectivity index (χ4v) is 4.94. The predicted octanol–water partition coefficient (Wildman–Crippen LogP) is 2.37. The number of nitrogens with zero attached hydrogens (tertiary/aromatic N) is 3. The number of sulfonamides is 1. The lowest BCUT2D eigenvalue weighted by atomic mass is 10.2. The molecule has 158 valence electrons. The Morgan fingerprint density at radius 1 is 1.13 bits per heavy atom. The van der Waals surface area contributed by atoms with Gasteiger partial charge in [0.1, 0.15) is 6.54 Å². The van der Waals surface area contributed by atoms with Crippen LogP contribution in [0.2, 0.25) is 0 Å². The molecule has 0 unspecified atom stereocenters. The molecule has 3 aromatic rings. The van der Waals surface area contributed by atoms with E-state index in [0.29, 0.717) is 35.1 Å². The molecule has 2 aromatic carbocycles. The van der Waals surface area contributed by atoms with Crippen molar-refractivity contribution in [2.24, 2.45) is 0 Å². The molecular formula is C21H24N4O4S. The number of amides is 1. The molecule has 0 spiro atoms. The molecule has 3 rings (SSSR count). The number of hydrogen-bond acceptors (Lipinski definition) is 5. The van der Waals surface area contributed by atoms with Crippen molar-refractivity contribution >= 4 is 32.4 Å². The summed E-state index contributed by atoms with van der Waals surface area (Å²) in [7, 11) is -3.67. The van der Waals surface area contributed by atoms with Crippen molar-refractivity contribution in [2.45, 2.75) is 32.2 Å². The topological polar surface area (TPSA) is 101 Å². The smallest absolute Gasteiger partial charge is 0.275 e. The van der Waals surface area contributed by atoms with Crippen molar-refractivity contribution in [3.63, 3.8) is 0 Å². The Labute approximate surface area is 175 Å². The van der Waals surface area contributed by atoms with Crippen molar-refractivity contribution in [3.8, 4) is 0 Å². The van der Waals surface area contributed by atoms with E-state index in [1.54, 1.807) is 51.1 Å². The van der Waals surface area contributed by atoms with Crippen molar-refractivity contribution in [1.29, 1.82) is 0 Å². The number of hydrogen-bond donors (Lipinski definition) is 1. The van der Waals surface area contributed by atoms with Gasteiger partial charge in [-0.25, -0.2) is 13.1 Å². The summed E-state index contributed by atoms with van der Waals surface area (Å²) in [6, 6.07) is 11.7. The summed E-state index contributed by atoms with van der Waals surface area (Å²) in [5.41, 5.74) is 0.564. The molecule has 1 amide bonds. The van der Waals surface area contributed by atoms with E-state index in [0.717, 1.165) is 4.68 Å². The largest absolute Gasteiger partial charge is 0.324 e. The molecule has 0 aliphatic heterocycles. The Morgan fingerprint density at radius 2 is 1.83 bits per heavy atom. The summed E-state index contributed by atoms with van der Waals surface area (Å²) in [6.07, 6.45) is 1.53. The first kappa shape index (κ1) is 21.7. The standard InChI is InChI=1S/C21H24N4O4S/c1-4-24(5-2)30(28,29)19-12-17(11-10-15(19)3)23-20(26)14-25-21(27)18-9-7-6-8-16(18)13-22-25/h6-13H,4-5,14H2,1-3H3,(H,23,26). The van der Waals surface area contributed by atoms with Crippen LogP contribution in [0, 0.1) is 6.92 Å². The average molecular weight is 429 g/mol. The Kier molecular flexibility index (Phi) is 6.33. The molecule has 0 radical (unpaired) electrons. The van der Waals surface area contributed by atoms with Gasteiger partial charge in [-0.1, -0.05) is 38.1 Å². The number of anilines is 1. The number of carbonyl (C=O) groups excluding carboxylic acids is 1.